The van der Waals surface area contributed by atoms with E-state index >= 15 is 0 Å². The van der Waals surface area contributed by atoms with Crippen LogP contribution in [-0.4, -0.2) is 25.2 Å². The predicted molar refractivity (Wildman–Crippen MR) is 86.2 cm³/mol. The molecule has 0 aliphatic rings. The van der Waals surface area contributed by atoms with Crippen molar-refractivity contribution >= 4 is 34.2 Å². The van der Waals surface area contributed by atoms with Gasteiger partial charge in [0.2, 0.25) is 0 Å². The van der Waals surface area contributed by atoms with E-state index in [1.807, 2.05) is 43.0 Å². The normalized spacial score (nSPS) is 11.4. The number of nitrogens with zero attached hydrogens (tertiary/aromatic N) is 4. The monoisotopic (exact) mass is 322 g/mol. The van der Waals surface area contributed by atoms with Crippen molar-refractivity contribution in [3.8, 4) is 0 Å². The summed E-state index contributed by atoms with van der Waals surface area (Å²) in [6.45, 7) is 2.74. The Bertz CT molecular complexity index is 788. The van der Waals surface area contributed by atoms with Gasteiger partial charge in [0.25, 0.3) is 0 Å². The minimum atomic E-state index is 0.545. The van der Waals surface area contributed by atoms with Crippen molar-refractivity contribution in [1.82, 2.24) is 19.3 Å². The highest BCUT2D eigenvalue weighted by molar-refractivity contribution is 6.31. The van der Waals surface area contributed by atoms with Crippen LogP contribution >= 0.6 is 23.2 Å². The fourth-order valence-corrected chi connectivity index (χ4v) is 2.91. The average Bonchev–Trinajstić information content (AvgIpc) is 2.92. The van der Waals surface area contributed by atoms with Gasteiger partial charge in [-0.2, -0.15) is 5.10 Å². The fourth-order valence-electron chi connectivity index (χ4n) is 2.57. The van der Waals surface area contributed by atoms with Crippen molar-refractivity contribution in [1.29, 1.82) is 0 Å². The molecule has 0 amide bonds. The number of aromatic nitrogens is 4. The van der Waals surface area contributed by atoms with Gasteiger partial charge in [-0.15, -0.1) is 11.6 Å². The molecule has 21 heavy (non-hydrogen) atoms. The number of rotatable bonds is 4. The van der Waals surface area contributed by atoms with Gasteiger partial charge in [0.15, 0.2) is 0 Å². The molecule has 0 aliphatic heterocycles. The first-order chi connectivity index (χ1) is 10.1. The molecule has 0 saturated heterocycles. The predicted octanol–water partition coefficient (Wildman–Crippen LogP) is 3.56. The Morgan fingerprint density at radius 3 is 2.76 bits per heavy atom. The number of halogens is 2. The summed E-state index contributed by atoms with van der Waals surface area (Å²) in [6.07, 6.45) is 2.77. The highest BCUT2D eigenvalue weighted by atomic mass is 35.5. The molecule has 1 aromatic carbocycles. The number of fused-ring (bicyclic) bond motifs is 1. The maximum Gasteiger partial charge on any atom is 0.111 e. The zero-order valence-electron chi connectivity index (χ0n) is 12.0. The number of hydrogen-bond acceptors (Lipinski definition) is 2. The fraction of sp³-hybridized carbons (Fsp3) is 0.333. The third-order valence-corrected chi connectivity index (χ3v) is 3.98. The summed E-state index contributed by atoms with van der Waals surface area (Å²) in [5, 5.41) is 5.11. The topological polar surface area (TPSA) is 35.6 Å². The maximum atomic E-state index is 6.13. The first kappa shape index (κ1) is 14.4. The molecule has 0 fully saturated rings. The smallest absolute Gasteiger partial charge is 0.111 e. The second-order valence-electron chi connectivity index (χ2n) is 5.10. The lowest BCUT2D eigenvalue weighted by Crippen LogP contribution is -2.06. The number of hydrogen-bond donors (Lipinski definition) is 0. The van der Waals surface area contributed by atoms with Crippen LogP contribution in [0.2, 0.25) is 5.02 Å². The Labute approximate surface area is 133 Å². The molecule has 0 atom stereocenters. The standard InChI is InChI=1S/C15H16Cl2N4/c1-10-11(8-20(2)19-10)9-21-14-7-12(17)3-4-13(14)18-15(21)5-6-16/h3-4,7-8H,5-6,9H2,1-2H3. The zero-order chi connectivity index (χ0) is 15.0. The van der Waals surface area contributed by atoms with Crippen molar-refractivity contribution < 1.29 is 0 Å². The molecule has 6 heteroatoms. The van der Waals surface area contributed by atoms with E-state index in [4.69, 9.17) is 23.2 Å². The molecule has 2 aromatic heterocycles. The molecule has 110 valence electrons. The Morgan fingerprint density at radius 2 is 2.10 bits per heavy atom. The first-order valence-electron chi connectivity index (χ1n) is 6.78. The molecule has 3 rings (SSSR count). The summed E-state index contributed by atoms with van der Waals surface area (Å²) in [7, 11) is 1.93. The molecule has 0 N–H and O–H groups in total. The minimum Gasteiger partial charge on any atom is -0.323 e. The molecule has 3 aromatic rings. The third-order valence-electron chi connectivity index (χ3n) is 3.55. The molecule has 4 nitrogen and oxygen atoms in total. The van der Waals surface area contributed by atoms with E-state index in [1.54, 1.807) is 0 Å². The highest BCUT2D eigenvalue weighted by Gasteiger charge is 2.13. The van der Waals surface area contributed by atoms with Gasteiger partial charge in [0.05, 0.1) is 23.3 Å². The molecule has 2 heterocycles. The van der Waals surface area contributed by atoms with E-state index in [0.29, 0.717) is 10.9 Å². The van der Waals surface area contributed by atoms with Crippen LogP contribution < -0.4 is 0 Å². The second-order valence-corrected chi connectivity index (χ2v) is 5.91. The van der Waals surface area contributed by atoms with Crippen LogP contribution in [0.4, 0.5) is 0 Å². The van der Waals surface area contributed by atoms with E-state index in [0.717, 1.165) is 35.5 Å². The lowest BCUT2D eigenvalue weighted by Gasteiger charge is -2.08. The van der Waals surface area contributed by atoms with Crippen molar-refractivity contribution in [2.45, 2.75) is 19.9 Å². The molecular formula is C15H16Cl2N4. The Balaban J connectivity index is 2.12. The Hall–Kier alpha value is -1.52. The molecular weight excluding hydrogens is 307 g/mol. The summed E-state index contributed by atoms with van der Waals surface area (Å²) < 4.78 is 4.01. The summed E-state index contributed by atoms with van der Waals surface area (Å²) in [4.78, 5) is 4.67. The van der Waals surface area contributed by atoms with Crippen LogP contribution in [0.3, 0.4) is 0 Å². The van der Waals surface area contributed by atoms with Gasteiger partial charge in [0, 0.05) is 36.1 Å². The highest BCUT2D eigenvalue weighted by Crippen LogP contribution is 2.23. The average molecular weight is 323 g/mol. The zero-order valence-corrected chi connectivity index (χ0v) is 13.5. The van der Waals surface area contributed by atoms with Crippen LogP contribution in [0.1, 0.15) is 17.1 Å². The van der Waals surface area contributed by atoms with E-state index in [1.165, 1.54) is 5.56 Å². The van der Waals surface area contributed by atoms with Crippen LogP contribution in [0.15, 0.2) is 24.4 Å². The van der Waals surface area contributed by atoms with E-state index in [2.05, 4.69) is 14.6 Å². The lowest BCUT2D eigenvalue weighted by atomic mass is 10.2. The first-order valence-corrected chi connectivity index (χ1v) is 7.69. The van der Waals surface area contributed by atoms with Crippen molar-refractivity contribution in [3.05, 3.63) is 46.5 Å². The van der Waals surface area contributed by atoms with Crippen LogP contribution in [-0.2, 0) is 20.0 Å². The second kappa shape index (κ2) is 5.70. The Morgan fingerprint density at radius 1 is 1.29 bits per heavy atom. The van der Waals surface area contributed by atoms with E-state index in [-0.39, 0.29) is 0 Å². The van der Waals surface area contributed by atoms with E-state index in [9.17, 15) is 0 Å². The molecule has 0 unspecified atom stereocenters. The minimum absolute atomic E-state index is 0.545. The van der Waals surface area contributed by atoms with Crippen LogP contribution in [0.5, 0.6) is 0 Å². The molecule has 0 radical (unpaired) electrons. The number of benzene rings is 1. The van der Waals surface area contributed by atoms with Crippen molar-refractivity contribution in [2.24, 2.45) is 7.05 Å². The van der Waals surface area contributed by atoms with Gasteiger partial charge in [-0.3, -0.25) is 4.68 Å². The van der Waals surface area contributed by atoms with Crippen molar-refractivity contribution in [3.63, 3.8) is 0 Å². The summed E-state index contributed by atoms with van der Waals surface area (Å²) >= 11 is 12.0. The molecule has 0 bridgehead atoms. The van der Waals surface area contributed by atoms with Crippen molar-refractivity contribution in [2.75, 3.05) is 5.88 Å². The quantitative estimate of drug-likeness (QED) is 0.688. The lowest BCUT2D eigenvalue weighted by molar-refractivity contribution is 0.747. The number of alkyl halides is 1. The van der Waals surface area contributed by atoms with Gasteiger partial charge in [-0.05, 0) is 25.1 Å². The summed E-state index contributed by atoms with van der Waals surface area (Å²) in [5.41, 5.74) is 4.18. The van der Waals surface area contributed by atoms with Gasteiger partial charge >= 0.3 is 0 Å². The number of aryl methyl sites for hydroxylation is 3. The summed E-state index contributed by atoms with van der Waals surface area (Å²) in [6, 6.07) is 5.76. The summed E-state index contributed by atoms with van der Waals surface area (Å²) in [5.74, 6) is 1.52. The van der Waals surface area contributed by atoms with Gasteiger partial charge < -0.3 is 4.57 Å². The molecule has 0 saturated carbocycles. The maximum absolute atomic E-state index is 6.13. The van der Waals surface area contributed by atoms with Crippen LogP contribution in [0.25, 0.3) is 11.0 Å². The van der Waals surface area contributed by atoms with E-state index < -0.39 is 0 Å². The third kappa shape index (κ3) is 2.78. The Kier molecular flexibility index (Phi) is 3.91. The number of imidazole rings is 1. The SMILES string of the molecule is Cc1nn(C)cc1Cn1c(CCCl)nc2ccc(Cl)cc21. The largest absolute Gasteiger partial charge is 0.323 e. The molecule has 0 spiro atoms. The van der Waals surface area contributed by atoms with Gasteiger partial charge in [0.1, 0.15) is 5.82 Å². The molecule has 0 aliphatic carbocycles. The van der Waals surface area contributed by atoms with Crippen LogP contribution in [0, 0.1) is 6.92 Å². The van der Waals surface area contributed by atoms with Gasteiger partial charge in [-0.1, -0.05) is 11.6 Å². The van der Waals surface area contributed by atoms with Gasteiger partial charge in [-0.25, -0.2) is 4.98 Å².